The van der Waals surface area contributed by atoms with Gasteiger partial charge in [-0.15, -0.1) is 0 Å². The minimum Gasteiger partial charge on any atom is -0.396 e. The zero-order valence-corrected chi connectivity index (χ0v) is 40.8. The second-order valence-corrected chi connectivity index (χ2v) is 20.3. The number of aryl methyl sites for hydroxylation is 1. The molecule has 10 heteroatoms. The van der Waals surface area contributed by atoms with Crippen LogP contribution in [0.25, 0.3) is 0 Å². The molecule has 1 spiro atoms. The second kappa shape index (κ2) is 24.2. The van der Waals surface area contributed by atoms with Crippen molar-refractivity contribution in [2.75, 3.05) is 53.7 Å². The largest absolute Gasteiger partial charge is 0.396 e. The summed E-state index contributed by atoms with van der Waals surface area (Å²) in [4.78, 5) is 12.5. The Morgan fingerprint density at radius 2 is 1.81 bits per heavy atom. The summed E-state index contributed by atoms with van der Waals surface area (Å²) in [6.07, 6.45) is 17.8. The van der Waals surface area contributed by atoms with E-state index >= 15 is 0 Å². The average molecular weight is 921 g/mol. The number of ether oxygens (including phenoxy) is 2. The van der Waals surface area contributed by atoms with Crippen molar-refractivity contribution in [1.29, 1.82) is 0 Å². The molecule has 2 aromatic carbocycles. The fourth-order valence-electron chi connectivity index (χ4n) is 12.5. The first-order valence-electron chi connectivity index (χ1n) is 24.8. The minimum absolute atomic E-state index is 0.0223. The number of allylic oxidation sites excluding steroid dienone is 9. The molecule has 7 N–H and O–H groups in total. The number of methoxy groups -OCH3 is 1. The highest BCUT2D eigenvalue weighted by Gasteiger charge is 2.68. The van der Waals surface area contributed by atoms with Gasteiger partial charge in [-0.1, -0.05) is 109 Å². The first kappa shape index (κ1) is 52.6. The number of hydrogen-bond donors (Lipinski definition) is 7. The predicted octanol–water partition coefficient (Wildman–Crippen LogP) is 7.48. The quantitative estimate of drug-likeness (QED) is 0.0233. The molecule has 2 aromatic rings. The molecule has 0 aromatic heterocycles. The summed E-state index contributed by atoms with van der Waals surface area (Å²) >= 11 is 0. The molecule has 4 bridgehead atoms. The lowest BCUT2D eigenvalue weighted by atomic mass is 9.45. The summed E-state index contributed by atoms with van der Waals surface area (Å²) in [5.74, 6) is -0.964. The number of benzene rings is 2. The van der Waals surface area contributed by atoms with Gasteiger partial charge in [-0.3, -0.25) is 10.1 Å². The topological polar surface area (TPSA) is 161 Å². The maximum atomic E-state index is 13.0. The number of hydrogen-bond acceptors (Lipinski definition) is 10. The van der Waals surface area contributed by atoms with Crippen molar-refractivity contribution < 1.29 is 39.8 Å². The number of rotatable bonds is 20. The third-order valence-electron chi connectivity index (χ3n) is 16.0. The van der Waals surface area contributed by atoms with Crippen LogP contribution >= 0.6 is 0 Å². The van der Waals surface area contributed by atoms with Gasteiger partial charge in [0.05, 0.1) is 31.5 Å². The Kier molecular flexibility index (Phi) is 18.9. The van der Waals surface area contributed by atoms with E-state index in [2.05, 4.69) is 90.4 Å². The number of carbonyl (C=O) groups excluding carboxylic acids is 1. The summed E-state index contributed by atoms with van der Waals surface area (Å²) in [5, 5.41) is 64.5. The number of aliphatic hydroxyl groups is 5. The fraction of sp³-hybridized carbons (Fsp3) is 0.561. The summed E-state index contributed by atoms with van der Waals surface area (Å²) in [6, 6.07) is 19.5. The summed E-state index contributed by atoms with van der Waals surface area (Å²) in [5.41, 5.74) is 5.29. The standard InChI is InChI=1S/C57H80N2O8/c1-39(48-22-18-40(2)54(64)59-55(4,28-32-66-6)35-43-15-11-16-45(34-43)49(48)23-19-42-13-8-7-9-14-42)12-10-17-47(38-67-33-31-61)50-24-26-57(53(50)63)52-44(25-30-60)20-21-46(51(52)41(3)37-62)36-56(57,65)27-29-58-5/h7-18,20-21,34,37,44,46,48-50,52-54,58-61,63-65H,1,19,22-33,35-36,38H2,2-6H3. The average Bonchev–Trinajstić information content (AvgIpc) is 3.67. The molecular formula is C57H80N2O8. The van der Waals surface area contributed by atoms with Crippen LogP contribution in [0.2, 0.25) is 0 Å². The molecular weight excluding hydrogens is 841 g/mol. The molecule has 10 nitrogen and oxygen atoms in total. The highest BCUT2D eigenvalue weighted by Crippen LogP contribution is 2.67. The van der Waals surface area contributed by atoms with Gasteiger partial charge in [0.15, 0.2) is 0 Å². The Morgan fingerprint density at radius 3 is 2.52 bits per heavy atom. The van der Waals surface area contributed by atoms with Crippen molar-refractivity contribution in [3.8, 4) is 0 Å². The van der Waals surface area contributed by atoms with Gasteiger partial charge in [0.2, 0.25) is 0 Å². The van der Waals surface area contributed by atoms with Gasteiger partial charge in [0.1, 0.15) is 12.5 Å². The molecule has 0 radical (unpaired) electrons. The minimum atomic E-state index is -1.26. The van der Waals surface area contributed by atoms with E-state index in [0.29, 0.717) is 63.7 Å². The van der Waals surface area contributed by atoms with Crippen LogP contribution < -0.4 is 10.6 Å². The summed E-state index contributed by atoms with van der Waals surface area (Å²) < 4.78 is 11.5. The molecule has 4 aliphatic rings. The number of fused-ring (bicyclic) bond motifs is 5. The van der Waals surface area contributed by atoms with E-state index in [9.17, 15) is 30.3 Å². The van der Waals surface area contributed by atoms with E-state index in [1.54, 1.807) is 7.11 Å². The maximum absolute atomic E-state index is 13.0. The van der Waals surface area contributed by atoms with Crippen LogP contribution in [0.4, 0.5) is 0 Å². The Balaban J connectivity index is 1.39. The fourth-order valence-corrected chi connectivity index (χ4v) is 12.5. The lowest BCUT2D eigenvalue weighted by Crippen LogP contribution is -2.65. The SMILES string of the molecule is C=C(C=CC=C(COCCO)C1CCC2(C1O)C1C(=C(C)C=O)C(C=CC1CCO)CC2(O)CCNC)C1CC=C(C)C(O)NC(C)(CCOC)Cc2cccc(c2)C1CCc1ccccc1. The molecule has 11 atom stereocenters. The Hall–Kier alpha value is -3.81. The Bertz CT molecular complexity index is 2110. The first-order valence-corrected chi connectivity index (χ1v) is 24.8. The van der Waals surface area contributed by atoms with E-state index in [0.717, 1.165) is 47.8 Å². The molecule has 67 heavy (non-hydrogen) atoms. The zero-order valence-electron chi connectivity index (χ0n) is 40.8. The van der Waals surface area contributed by atoms with Crippen LogP contribution in [0, 0.1) is 35.0 Å². The normalized spacial score (nSPS) is 33.0. The molecule has 3 aliphatic carbocycles. The molecule has 366 valence electrons. The Labute approximate surface area is 400 Å². The molecule has 1 heterocycles. The maximum Gasteiger partial charge on any atom is 0.145 e. The number of carbonyl (C=O) groups is 1. The van der Waals surface area contributed by atoms with Crippen molar-refractivity contribution in [3.05, 3.63) is 142 Å². The van der Waals surface area contributed by atoms with Gasteiger partial charge in [-0.2, -0.15) is 0 Å². The lowest BCUT2D eigenvalue weighted by molar-refractivity contribution is -0.194. The van der Waals surface area contributed by atoms with E-state index in [1.807, 2.05) is 39.1 Å². The predicted molar refractivity (Wildman–Crippen MR) is 267 cm³/mol. The molecule has 6 rings (SSSR count). The van der Waals surface area contributed by atoms with E-state index < -0.39 is 28.9 Å². The van der Waals surface area contributed by atoms with E-state index in [-0.39, 0.29) is 61.9 Å². The van der Waals surface area contributed by atoms with Crippen molar-refractivity contribution in [2.45, 2.75) is 114 Å². The van der Waals surface area contributed by atoms with Gasteiger partial charge in [0.25, 0.3) is 0 Å². The highest BCUT2D eigenvalue weighted by atomic mass is 16.5. The second-order valence-electron chi connectivity index (χ2n) is 20.3. The molecule has 1 aliphatic heterocycles. The summed E-state index contributed by atoms with van der Waals surface area (Å²) in [7, 11) is 3.58. The summed E-state index contributed by atoms with van der Waals surface area (Å²) in [6.45, 7) is 12.0. The number of aliphatic hydroxyl groups excluding tert-OH is 4. The van der Waals surface area contributed by atoms with Crippen LogP contribution in [-0.2, 0) is 27.1 Å². The number of aldehydes is 1. The molecule has 0 saturated heterocycles. The van der Waals surface area contributed by atoms with Gasteiger partial charge in [-0.25, -0.2) is 0 Å². The monoisotopic (exact) mass is 921 g/mol. The molecule has 2 saturated carbocycles. The van der Waals surface area contributed by atoms with Crippen LogP contribution in [-0.4, -0.2) is 109 Å². The van der Waals surface area contributed by atoms with Crippen LogP contribution in [0.3, 0.4) is 0 Å². The third-order valence-corrected chi connectivity index (χ3v) is 16.0. The first-order chi connectivity index (χ1) is 32.3. The highest BCUT2D eigenvalue weighted by molar-refractivity contribution is 5.74. The smallest absolute Gasteiger partial charge is 0.145 e. The van der Waals surface area contributed by atoms with Crippen molar-refractivity contribution in [2.24, 2.45) is 35.0 Å². The Morgan fingerprint density at radius 1 is 1.01 bits per heavy atom. The van der Waals surface area contributed by atoms with Gasteiger partial charge >= 0.3 is 0 Å². The van der Waals surface area contributed by atoms with Crippen molar-refractivity contribution >= 4 is 6.29 Å². The van der Waals surface area contributed by atoms with Crippen LogP contribution in [0.15, 0.2) is 125 Å². The molecule has 0 amide bonds. The van der Waals surface area contributed by atoms with Crippen molar-refractivity contribution in [3.63, 3.8) is 0 Å². The third kappa shape index (κ3) is 12.0. The van der Waals surface area contributed by atoms with E-state index in [1.165, 1.54) is 16.7 Å². The lowest BCUT2D eigenvalue weighted by Gasteiger charge is -2.61. The van der Waals surface area contributed by atoms with Crippen molar-refractivity contribution in [1.82, 2.24) is 10.6 Å². The van der Waals surface area contributed by atoms with Gasteiger partial charge < -0.3 is 40.3 Å². The van der Waals surface area contributed by atoms with E-state index in [4.69, 9.17) is 16.1 Å². The van der Waals surface area contributed by atoms with Gasteiger partial charge in [-0.05, 0) is 156 Å². The van der Waals surface area contributed by atoms with Crippen LogP contribution in [0.1, 0.15) is 94.7 Å². The molecule has 2 fully saturated rings. The van der Waals surface area contributed by atoms with Crippen LogP contribution in [0.5, 0.6) is 0 Å². The van der Waals surface area contributed by atoms with Gasteiger partial charge in [0, 0.05) is 43.1 Å². The molecule has 11 unspecified atom stereocenters. The zero-order chi connectivity index (χ0) is 48.2. The number of nitrogens with one attached hydrogen (secondary N) is 2.